The molecule has 0 atom stereocenters. The van der Waals surface area contributed by atoms with E-state index >= 15 is 0 Å². The monoisotopic (exact) mass is 1380 g/mol. The fourth-order valence-electron chi connectivity index (χ4n) is 11.8. The van der Waals surface area contributed by atoms with Gasteiger partial charge in [0.2, 0.25) is 0 Å². The Morgan fingerprint density at radius 1 is 0.662 bits per heavy atom. The molecule has 0 amide bonds. The molecule has 7 nitrogen and oxygen atoms in total. The zero-order valence-electron chi connectivity index (χ0n) is 45.9. The van der Waals surface area contributed by atoms with Crippen molar-refractivity contribution in [1.82, 2.24) is 15.0 Å². The van der Waals surface area contributed by atoms with Gasteiger partial charge in [0.05, 0.1) is 23.9 Å². The number of carbonyl (C=O) groups excluding carboxylic acids is 1. The molecule has 3 aliphatic rings. The van der Waals surface area contributed by atoms with Gasteiger partial charge in [-0.05, 0) is 148 Å². The molecule has 0 saturated heterocycles. The fraction of sp³-hybridized carbons (Fsp3) is 0.382. The number of aliphatic hydroxyl groups excluding tert-OH is 1. The van der Waals surface area contributed by atoms with Crippen molar-refractivity contribution < 1.29 is 51.1 Å². The molecule has 3 heterocycles. The van der Waals surface area contributed by atoms with Gasteiger partial charge in [-0.25, -0.2) is 0 Å². The number of ketones is 1. The molecule has 1 N–H and O–H groups in total. The molecule has 10 rings (SSSR count). The van der Waals surface area contributed by atoms with Crippen LogP contribution in [0.4, 0.5) is 5.69 Å². The number of nitrogens with zero attached hydrogens (tertiary/aromatic N) is 5. The number of hydrogen-bond acceptors (Lipinski definition) is 6. The number of hydrogen-bond donors (Lipinski definition) is 1. The van der Waals surface area contributed by atoms with E-state index in [1.165, 1.54) is 119 Å². The number of fused-ring (bicyclic) bond motifs is 1. The molecule has 7 aromatic rings. The first-order valence-corrected chi connectivity index (χ1v) is 27.0. The third-order valence-corrected chi connectivity index (χ3v) is 16.0. The molecule has 77 heavy (non-hydrogen) atoms. The Morgan fingerprint density at radius 2 is 1.16 bits per heavy atom. The van der Waals surface area contributed by atoms with Gasteiger partial charge < -0.3 is 15.1 Å². The summed E-state index contributed by atoms with van der Waals surface area (Å²) in [5.74, 6) is -0.0625. The van der Waals surface area contributed by atoms with Crippen molar-refractivity contribution in [3.05, 3.63) is 190 Å². The topological polar surface area (TPSA) is 104 Å². The van der Waals surface area contributed by atoms with Crippen LogP contribution < -0.4 is 0 Å². The maximum atomic E-state index is 10.0. The number of aromatic nitrogens is 3. The summed E-state index contributed by atoms with van der Waals surface area (Å²) < 4.78 is 0. The van der Waals surface area contributed by atoms with Crippen molar-refractivity contribution >= 4 is 22.4 Å². The summed E-state index contributed by atoms with van der Waals surface area (Å²) in [5, 5.41) is 19.3. The summed E-state index contributed by atoms with van der Waals surface area (Å²) in [5.41, 5.74) is 14.2. The first-order chi connectivity index (χ1) is 35.9. The normalized spacial score (nSPS) is 16.0. The molecule has 401 valence electrons. The molecule has 0 bridgehead atoms. The van der Waals surface area contributed by atoms with Crippen molar-refractivity contribution in [3.63, 3.8) is 0 Å². The van der Waals surface area contributed by atoms with Gasteiger partial charge >= 0.3 is 21.1 Å². The van der Waals surface area contributed by atoms with Crippen LogP contribution in [0.1, 0.15) is 159 Å². The smallest absolute Gasteiger partial charge is 0.512 e. The van der Waals surface area contributed by atoms with E-state index in [1.54, 1.807) is 12.1 Å². The summed E-state index contributed by atoms with van der Waals surface area (Å²) in [7, 11) is 0. The predicted octanol–water partition coefficient (Wildman–Crippen LogP) is 17.3. The second-order valence-electron chi connectivity index (χ2n) is 23.2. The van der Waals surface area contributed by atoms with Crippen LogP contribution in [0.5, 0.6) is 0 Å². The van der Waals surface area contributed by atoms with Gasteiger partial charge in [0.15, 0.2) is 5.78 Å². The number of para-hydroxylation sites is 1. The Bertz CT molecular complexity index is 3130. The Balaban J connectivity index is 0.000000249. The number of aliphatic hydroxyl groups is 1. The summed E-state index contributed by atoms with van der Waals surface area (Å²) in [6.45, 7) is 22.2. The van der Waals surface area contributed by atoms with Crippen molar-refractivity contribution in [3.8, 4) is 39.8 Å². The quantitative estimate of drug-likeness (QED) is 0.0742. The zero-order chi connectivity index (χ0) is 53.2. The second-order valence-corrected chi connectivity index (χ2v) is 23.2. The second kappa shape index (κ2) is 26.6. The van der Waals surface area contributed by atoms with Crippen molar-refractivity contribution in [2.75, 3.05) is 0 Å². The summed E-state index contributed by atoms with van der Waals surface area (Å²) in [6, 6.07) is 51.3. The molecule has 3 aromatic heterocycles. The maximum absolute atomic E-state index is 10.0. The van der Waals surface area contributed by atoms with Crippen molar-refractivity contribution in [2.24, 2.45) is 16.2 Å². The van der Waals surface area contributed by atoms with Crippen LogP contribution in [0, 0.1) is 52.3 Å². The molecule has 0 spiro atoms. The molecule has 3 saturated carbocycles. The van der Waals surface area contributed by atoms with Crippen molar-refractivity contribution in [1.29, 1.82) is 5.26 Å². The standard InChI is InChI=1S/C41H42N4.C22H22N.C5H8O2.Ir.Pt/c1-39(2,37-23-30(26-40(3)16-6-7-17-40)21-35(44-37)32-13-10-12-29(20-32)28-42)38-24-31(27-41(4)18-8-9-19-41)22-36(45-38)33-14-11-15-34(25-33)43-5;1-22(13-7-8-14-22)16-18-15-21(17-9-3-2-4-10-17)23-20-12-6-5-11-19(18)20;1-4(6)3-5(2)7;;/h10-12,15,20-25H,6-9,16-19,26-27H2,1-4H3;2-6,9,11-12,15H,7-8,13-14,16H2,1H3;3,6H,1-2H3;;/q-2;-1;;;+2. The average Bonchev–Trinajstić information content (AvgIpc) is 4.17. The Hall–Kier alpha value is -5.88. The van der Waals surface area contributed by atoms with E-state index in [4.69, 9.17) is 26.6 Å². The van der Waals surface area contributed by atoms with E-state index in [-0.39, 0.29) is 63.5 Å². The molecular formula is C68H72IrN5O2Pt-. The fourth-order valence-corrected chi connectivity index (χ4v) is 11.8. The molecular weight excluding hydrogens is 1310 g/mol. The zero-order valence-corrected chi connectivity index (χ0v) is 50.6. The van der Waals surface area contributed by atoms with Crippen LogP contribution in [0.15, 0.2) is 127 Å². The van der Waals surface area contributed by atoms with Gasteiger partial charge in [-0.2, -0.15) is 11.3 Å². The van der Waals surface area contributed by atoms with Gasteiger partial charge in [-0.15, -0.1) is 89.5 Å². The van der Waals surface area contributed by atoms with E-state index in [2.05, 4.69) is 130 Å². The third-order valence-electron chi connectivity index (χ3n) is 16.0. The van der Waals surface area contributed by atoms with Gasteiger partial charge in [0.25, 0.3) is 0 Å². The average molecular weight is 1380 g/mol. The number of rotatable bonds is 12. The van der Waals surface area contributed by atoms with Crippen LogP contribution in [0.25, 0.3) is 49.5 Å². The van der Waals surface area contributed by atoms with Crippen LogP contribution in [0.2, 0.25) is 0 Å². The van der Waals surface area contributed by atoms with Crippen LogP contribution in [0.3, 0.4) is 0 Å². The van der Waals surface area contributed by atoms with E-state index in [9.17, 15) is 10.1 Å². The molecule has 3 fully saturated rings. The summed E-state index contributed by atoms with van der Waals surface area (Å²) in [6.07, 6.45) is 19.9. The first kappa shape index (κ1) is 60.3. The number of allylic oxidation sites excluding steroid dienone is 2. The SMILES string of the molecule is CC(=O)C=C(C)O.CC1(Cc2cc(-c3[c-]cccc3)nc3ccccc23)CCCC1.[C-]#[N+]c1cc[c-]c(-c2cc(CC3(C)CCCC3)cc(C(C)(C)c3cc(CC4(C)CCCC4)cc(-c4[c-]ccc(C#N)c4)n3)n2)c1.[Ir].[Pt+2]. The van der Waals surface area contributed by atoms with Crippen LogP contribution in [-0.2, 0) is 70.6 Å². The Kier molecular flexibility index (Phi) is 20.9. The van der Waals surface area contributed by atoms with E-state index in [0.717, 1.165) is 69.9 Å². The van der Waals surface area contributed by atoms with Gasteiger partial charge in [-0.3, -0.25) is 14.6 Å². The minimum atomic E-state index is -0.507. The van der Waals surface area contributed by atoms with Gasteiger partial charge in [-0.1, -0.05) is 107 Å². The number of carbonyl (C=O) groups is 1. The summed E-state index contributed by atoms with van der Waals surface area (Å²) in [4.78, 5) is 29.1. The number of pyridine rings is 3. The van der Waals surface area contributed by atoms with Gasteiger partial charge in [0, 0.05) is 48.4 Å². The third kappa shape index (κ3) is 15.9. The molecule has 3 aliphatic carbocycles. The minimum absolute atomic E-state index is 0. The molecule has 1 radical (unpaired) electrons. The first-order valence-electron chi connectivity index (χ1n) is 27.0. The maximum Gasteiger partial charge on any atom is 2.00 e. The predicted molar refractivity (Wildman–Crippen MR) is 304 cm³/mol. The van der Waals surface area contributed by atoms with Crippen LogP contribution >= 0.6 is 0 Å². The number of nitriles is 1. The molecule has 0 aliphatic heterocycles. The molecule has 4 aromatic carbocycles. The number of benzene rings is 4. The summed E-state index contributed by atoms with van der Waals surface area (Å²) >= 11 is 0. The molecule has 0 unspecified atom stereocenters. The Labute approximate surface area is 486 Å². The largest absolute Gasteiger partial charge is 2.00 e. The minimum Gasteiger partial charge on any atom is -0.512 e. The Morgan fingerprint density at radius 3 is 1.65 bits per heavy atom. The van der Waals surface area contributed by atoms with E-state index in [0.29, 0.717) is 16.7 Å². The van der Waals surface area contributed by atoms with Crippen LogP contribution in [-0.4, -0.2) is 25.8 Å². The molecule has 9 heteroatoms. The van der Waals surface area contributed by atoms with Gasteiger partial charge in [0.1, 0.15) is 5.69 Å². The van der Waals surface area contributed by atoms with Crippen molar-refractivity contribution in [2.45, 2.75) is 150 Å². The van der Waals surface area contributed by atoms with E-state index < -0.39 is 5.41 Å². The van der Waals surface area contributed by atoms with E-state index in [1.807, 2.05) is 36.4 Å².